The fraction of sp³-hybridized carbons (Fsp3) is 0.367. The summed E-state index contributed by atoms with van der Waals surface area (Å²) in [6.45, 7) is 6.64. The summed E-state index contributed by atoms with van der Waals surface area (Å²) in [5, 5.41) is 12.3. The van der Waals surface area contributed by atoms with E-state index in [2.05, 4.69) is 50.4 Å². The summed E-state index contributed by atoms with van der Waals surface area (Å²) < 4.78 is 0. The van der Waals surface area contributed by atoms with Crippen molar-refractivity contribution in [2.24, 2.45) is 21.9 Å². The van der Waals surface area contributed by atoms with Crippen LogP contribution in [0.15, 0.2) is 88.0 Å². The fourth-order valence-electron chi connectivity index (χ4n) is 5.27. The van der Waals surface area contributed by atoms with E-state index in [1.54, 1.807) is 11.8 Å². The zero-order chi connectivity index (χ0) is 25.1. The molecule has 36 heavy (non-hydrogen) atoms. The van der Waals surface area contributed by atoms with Crippen LogP contribution in [-0.2, 0) is 10.5 Å². The first kappa shape index (κ1) is 24.6. The van der Waals surface area contributed by atoms with Crippen LogP contribution in [0.1, 0.15) is 52.0 Å². The molecule has 0 aromatic heterocycles. The number of carbonyl (C=O) groups is 1. The van der Waals surface area contributed by atoms with Crippen molar-refractivity contribution in [2.45, 2.75) is 58.4 Å². The Labute approximate surface area is 217 Å². The number of carbonyl (C=O) groups excluding carboxylic acids is 1. The predicted octanol–water partition coefficient (Wildman–Crippen LogP) is 5.11. The van der Waals surface area contributed by atoms with Crippen molar-refractivity contribution in [3.05, 3.63) is 94.0 Å². The Balaban J connectivity index is 1.44. The van der Waals surface area contributed by atoms with E-state index >= 15 is 0 Å². The molecule has 0 fully saturated rings. The highest BCUT2D eigenvalue weighted by molar-refractivity contribution is 8.13. The number of nitrogens with one attached hydrogen (secondary N) is 1. The number of nitrogens with zero attached hydrogens (tertiary/aromatic N) is 3. The molecule has 0 radical (unpaired) electrons. The summed E-state index contributed by atoms with van der Waals surface area (Å²) in [7, 11) is 0. The fourth-order valence-corrected chi connectivity index (χ4v) is 6.08. The lowest BCUT2D eigenvalue weighted by Crippen LogP contribution is -2.55. The molecular weight excluding hydrogens is 464 g/mol. The summed E-state index contributed by atoms with van der Waals surface area (Å²) in [6, 6.07) is 18.2. The number of thioether (sulfide) groups is 1. The van der Waals surface area contributed by atoms with E-state index in [1.165, 1.54) is 16.7 Å². The van der Waals surface area contributed by atoms with E-state index in [0.717, 1.165) is 42.0 Å². The molecule has 6 heteroatoms. The second-order valence-corrected chi connectivity index (χ2v) is 11.1. The van der Waals surface area contributed by atoms with Gasteiger partial charge in [-0.1, -0.05) is 90.5 Å². The van der Waals surface area contributed by atoms with Crippen LogP contribution in [0, 0.1) is 11.8 Å². The number of amides is 1. The highest BCUT2D eigenvalue weighted by Gasteiger charge is 2.40. The largest absolute Gasteiger partial charge is 0.298 e. The molecular formula is C30H34N4OS. The van der Waals surface area contributed by atoms with Gasteiger partial charge in [-0.15, -0.1) is 5.10 Å². The van der Waals surface area contributed by atoms with Crippen LogP contribution < -0.4 is 15.9 Å². The Kier molecular flexibility index (Phi) is 7.42. The summed E-state index contributed by atoms with van der Waals surface area (Å²) in [6.07, 6.45) is 8.79. The summed E-state index contributed by atoms with van der Waals surface area (Å²) in [5.74, 6) is 1.39. The van der Waals surface area contributed by atoms with Gasteiger partial charge < -0.3 is 0 Å². The first-order valence-corrected chi connectivity index (χ1v) is 13.8. The van der Waals surface area contributed by atoms with Crippen molar-refractivity contribution in [1.29, 1.82) is 0 Å². The van der Waals surface area contributed by atoms with Crippen molar-refractivity contribution < 1.29 is 4.79 Å². The number of benzene rings is 2. The molecule has 5 nitrogen and oxygen atoms in total. The van der Waals surface area contributed by atoms with Crippen LogP contribution in [0.3, 0.4) is 0 Å². The highest BCUT2D eigenvalue weighted by atomic mass is 32.2. The van der Waals surface area contributed by atoms with Crippen molar-refractivity contribution in [3.63, 3.8) is 0 Å². The molecule has 1 aliphatic carbocycles. The molecule has 1 amide bonds. The normalized spacial score (nSPS) is 23.0. The van der Waals surface area contributed by atoms with Crippen molar-refractivity contribution in [3.8, 4) is 0 Å². The molecule has 2 aliphatic heterocycles. The zero-order valence-corrected chi connectivity index (χ0v) is 22.1. The molecule has 2 heterocycles. The maximum Gasteiger partial charge on any atom is 0.276 e. The number of fused-ring (bicyclic) bond motifs is 2. The first-order valence-electron chi connectivity index (χ1n) is 12.8. The van der Waals surface area contributed by atoms with Gasteiger partial charge in [0.25, 0.3) is 5.91 Å². The van der Waals surface area contributed by atoms with Gasteiger partial charge in [-0.05, 0) is 57.1 Å². The van der Waals surface area contributed by atoms with Gasteiger partial charge in [0.2, 0.25) is 0 Å². The molecule has 1 N–H and O–H groups in total. The molecule has 3 aliphatic rings. The SMILES string of the molecule is CC(C)=CCCC1=CC[C@H]([C@H]2N=c3ccccc3=C3C(=O)NC(SCc4ccccc4)=NN32)[C@H](C)C1. The maximum atomic E-state index is 13.4. The minimum Gasteiger partial charge on any atom is -0.298 e. The zero-order valence-electron chi connectivity index (χ0n) is 21.3. The van der Waals surface area contributed by atoms with Crippen LogP contribution in [0.25, 0.3) is 5.70 Å². The number of hydrogen-bond donors (Lipinski definition) is 1. The molecule has 0 unspecified atom stereocenters. The van der Waals surface area contributed by atoms with Crippen LogP contribution >= 0.6 is 11.8 Å². The van der Waals surface area contributed by atoms with Crippen molar-refractivity contribution >= 4 is 28.5 Å². The van der Waals surface area contributed by atoms with Gasteiger partial charge in [0, 0.05) is 16.9 Å². The lowest BCUT2D eigenvalue weighted by molar-refractivity contribution is -0.116. The number of para-hydroxylation sites is 1. The third-order valence-electron chi connectivity index (χ3n) is 7.16. The third-order valence-corrected chi connectivity index (χ3v) is 8.09. The molecule has 2 aromatic carbocycles. The number of allylic oxidation sites excluding steroid dienone is 4. The molecule has 0 saturated carbocycles. The van der Waals surface area contributed by atoms with E-state index in [9.17, 15) is 4.79 Å². The quantitative estimate of drug-likeness (QED) is 0.563. The lowest BCUT2D eigenvalue weighted by Gasteiger charge is -2.41. The minimum atomic E-state index is -0.196. The first-order chi connectivity index (χ1) is 17.5. The van der Waals surface area contributed by atoms with E-state index < -0.39 is 0 Å². The number of hydrazone groups is 1. The molecule has 186 valence electrons. The molecule has 5 rings (SSSR count). The van der Waals surface area contributed by atoms with Gasteiger partial charge in [-0.25, -0.2) is 5.01 Å². The van der Waals surface area contributed by atoms with E-state index in [1.807, 2.05) is 47.5 Å². The smallest absolute Gasteiger partial charge is 0.276 e. The topological polar surface area (TPSA) is 57.1 Å². The average Bonchev–Trinajstić information content (AvgIpc) is 2.87. The minimum absolute atomic E-state index is 0.102. The molecule has 0 bridgehead atoms. The Morgan fingerprint density at radius 2 is 1.92 bits per heavy atom. The van der Waals surface area contributed by atoms with Gasteiger partial charge in [0.15, 0.2) is 5.17 Å². The molecule has 0 saturated heterocycles. The van der Waals surface area contributed by atoms with Crippen LogP contribution in [0.4, 0.5) is 0 Å². The summed E-state index contributed by atoms with van der Waals surface area (Å²) in [5.41, 5.74) is 4.73. The maximum absolute atomic E-state index is 13.4. The summed E-state index contributed by atoms with van der Waals surface area (Å²) >= 11 is 1.56. The van der Waals surface area contributed by atoms with Gasteiger partial charge >= 0.3 is 0 Å². The van der Waals surface area contributed by atoms with Gasteiger partial charge in [-0.2, -0.15) is 0 Å². The standard InChI is InChI=1S/C30H34N4OS/c1-20(2)10-9-13-22-16-17-24(21(3)18-22)28-31-26-15-8-7-14-25(26)27-29(35)32-30(33-34(27)28)36-19-23-11-5-4-6-12-23/h4-8,10-12,14-16,21,24,28H,9,13,17-19H2,1-3H3,(H,32,33,35)/t21-,24+,28+/m1/s1. The Hall–Kier alpha value is -3.12. The highest BCUT2D eigenvalue weighted by Crippen LogP contribution is 2.38. The van der Waals surface area contributed by atoms with E-state index in [0.29, 0.717) is 16.8 Å². The lowest BCUT2D eigenvalue weighted by atomic mass is 9.77. The predicted molar refractivity (Wildman–Crippen MR) is 148 cm³/mol. The Morgan fingerprint density at radius 1 is 1.14 bits per heavy atom. The molecule has 0 spiro atoms. The van der Waals surface area contributed by atoms with Crippen molar-refractivity contribution in [1.82, 2.24) is 10.3 Å². The summed E-state index contributed by atoms with van der Waals surface area (Å²) in [4.78, 5) is 18.6. The number of amidine groups is 1. The van der Waals surface area contributed by atoms with E-state index in [4.69, 9.17) is 10.1 Å². The number of rotatable bonds is 6. The third kappa shape index (κ3) is 5.34. The van der Waals surface area contributed by atoms with Crippen LogP contribution in [-0.4, -0.2) is 22.2 Å². The molecule has 3 atom stereocenters. The van der Waals surface area contributed by atoms with Crippen molar-refractivity contribution in [2.75, 3.05) is 0 Å². The monoisotopic (exact) mass is 498 g/mol. The Morgan fingerprint density at radius 3 is 2.69 bits per heavy atom. The second kappa shape index (κ2) is 10.9. The van der Waals surface area contributed by atoms with Crippen LogP contribution in [0.5, 0.6) is 0 Å². The van der Waals surface area contributed by atoms with Gasteiger partial charge in [0.1, 0.15) is 11.9 Å². The Bertz CT molecular complexity index is 1340. The number of hydrogen-bond acceptors (Lipinski definition) is 5. The van der Waals surface area contributed by atoms with Gasteiger partial charge in [-0.3, -0.25) is 15.1 Å². The molecule has 2 aromatic rings. The van der Waals surface area contributed by atoms with E-state index in [-0.39, 0.29) is 18.0 Å². The van der Waals surface area contributed by atoms with Gasteiger partial charge in [0.05, 0.1) is 5.36 Å². The average molecular weight is 499 g/mol. The second-order valence-electron chi connectivity index (χ2n) is 10.2. The van der Waals surface area contributed by atoms with Crippen LogP contribution in [0.2, 0.25) is 0 Å².